The summed E-state index contributed by atoms with van der Waals surface area (Å²) in [6, 6.07) is 12.7. The zero-order valence-corrected chi connectivity index (χ0v) is 21.7. The Bertz CT molecular complexity index is 1110. The van der Waals surface area contributed by atoms with Crippen LogP contribution >= 0.6 is 11.6 Å². The number of anilines is 1. The molecule has 10 heteroatoms. The molecule has 1 atom stereocenters. The third-order valence-corrected chi connectivity index (χ3v) is 6.49. The summed E-state index contributed by atoms with van der Waals surface area (Å²) in [5.41, 5.74) is 0.952. The Kier molecular flexibility index (Phi) is 9.76. The minimum absolute atomic E-state index is 0.0825. The van der Waals surface area contributed by atoms with Gasteiger partial charge in [-0.1, -0.05) is 49.7 Å². The molecule has 0 fully saturated rings. The van der Waals surface area contributed by atoms with Crippen molar-refractivity contribution in [2.45, 2.75) is 33.4 Å². The molecule has 0 bridgehead atoms. The molecule has 1 N–H and O–H groups in total. The number of hydrogen-bond acceptors (Lipinski definition) is 5. The fourth-order valence-corrected chi connectivity index (χ4v) is 4.36. The van der Waals surface area contributed by atoms with Crippen LogP contribution in [-0.4, -0.2) is 57.6 Å². The maximum absolute atomic E-state index is 13.5. The van der Waals surface area contributed by atoms with Crippen molar-refractivity contribution in [2.24, 2.45) is 5.92 Å². The molecule has 2 aromatic carbocycles. The average molecular weight is 510 g/mol. The van der Waals surface area contributed by atoms with Gasteiger partial charge in [0.05, 0.1) is 19.1 Å². The lowest BCUT2D eigenvalue weighted by molar-refractivity contribution is -0.139. The van der Waals surface area contributed by atoms with E-state index in [4.69, 9.17) is 16.3 Å². The summed E-state index contributed by atoms with van der Waals surface area (Å²) < 4.78 is 31.6. The summed E-state index contributed by atoms with van der Waals surface area (Å²) in [7, 11) is -2.42. The predicted octanol–water partition coefficient (Wildman–Crippen LogP) is 3.30. The van der Waals surface area contributed by atoms with E-state index in [1.54, 1.807) is 55.5 Å². The molecule has 2 amide bonds. The fraction of sp³-hybridized carbons (Fsp3) is 0.417. The maximum atomic E-state index is 13.5. The van der Waals surface area contributed by atoms with E-state index in [2.05, 4.69) is 5.32 Å². The van der Waals surface area contributed by atoms with Gasteiger partial charge in [-0.2, -0.15) is 0 Å². The lowest BCUT2D eigenvalue weighted by atomic mass is 10.1. The van der Waals surface area contributed by atoms with Gasteiger partial charge in [0, 0.05) is 18.1 Å². The number of ether oxygens (including phenoxy) is 1. The summed E-state index contributed by atoms with van der Waals surface area (Å²) in [4.78, 5) is 27.7. The third kappa shape index (κ3) is 7.63. The molecule has 8 nitrogen and oxygen atoms in total. The van der Waals surface area contributed by atoms with Crippen LogP contribution in [0, 0.1) is 5.92 Å². The Morgan fingerprint density at radius 1 is 1.09 bits per heavy atom. The monoisotopic (exact) mass is 509 g/mol. The SMILES string of the molecule is COc1ccccc1N(CC(=O)N(Cc1cccc(Cl)c1)[C@@H](C)C(=O)NCC(C)C)S(C)(=O)=O. The Morgan fingerprint density at radius 3 is 2.35 bits per heavy atom. The number of para-hydroxylation sites is 2. The number of nitrogens with one attached hydrogen (secondary N) is 1. The molecule has 2 aromatic rings. The van der Waals surface area contributed by atoms with E-state index in [-0.39, 0.29) is 24.1 Å². The van der Waals surface area contributed by atoms with Gasteiger partial charge in [-0.05, 0) is 42.7 Å². The molecule has 0 aromatic heterocycles. The number of carbonyl (C=O) groups excluding carboxylic acids is 2. The van der Waals surface area contributed by atoms with Crippen LogP contribution in [0.3, 0.4) is 0 Å². The van der Waals surface area contributed by atoms with Crippen LogP contribution in [0.2, 0.25) is 5.02 Å². The van der Waals surface area contributed by atoms with E-state index in [9.17, 15) is 18.0 Å². The van der Waals surface area contributed by atoms with Crippen molar-refractivity contribution >= 4 is 39.1 Å². The first kappa shape index (κ1) is 27.5. The van der Waals surface area contributed by atoms with E-state index < -0.39 is 28.5 Å². The number of methoxy groups -OCH3 is 1. The summed E-state index contributed by atoms with van der Waals surface area (Å²) in [5, 5.41) is 3.33. The van der Waals surface area contributed by atoms with Gasteiger partial charge < -0.3 is 15.0 Å². The minimum atomic E-state index is -3.84. The molecule has 186 valence electrons. The fourth-order valence-electron chi connectivity index (χ4n) is 3.30. The minimum Gasteiger partial charge on any atom is -0.495 e. The van der Waals surface area contributed by atoms with Crippen LogP contribution in [0.5, 0.6) is 5.75 Å². The number of amides is 2. The van der Waals surface area contributed by atoms with Crippen LogP contribution in [0.1, 0.15) is 26.3 Å². The molecule has 0 aliphatic rings. The lowest BCUT2D eigenvalue weighted by Gasteiger charge is -2.32. The van der Waals surface area contributed by atoms with Crippen LogP contribution < -0.4 is 14.4 Å². The van der Waals surface area contributed by atoms with Crippen LogP contribution in [-0.2, 0) is 26.2 Å². The van der Waals surface area contributed by atoms with Crippen molar-refractivity contribution in [1.29, 1.82) is 0 Å². The Morgan fingerprint density at radius 2 is 1.76 bits per heavy atom. The first-order chi connectivity index (χ1) is 15.9. The third-order valence-electron chi connectivity index (χ3n) is 5.13. The van der Waals surface area contributed by atoms with Gasteiger partial charge >= 0.3 is 0 Å². The topological polar surface area (TPSA) is 96.0 Å². The van der Waals surface area contributed by atoms with E-state index in [1.165, 1.54) is 12.0 Å². The highest BCUT2D eigenvalue weighted by atomic mass is 35.5. The van der Waals surface area contributed by atoms with Crippen molar-refractivity contribution in [3.05, 3.63) is 59.1 Å². The number of hydrogen-bond donors (Lipinski definition) is 1. The van der Waals surface area contributed by atoms with Gasteiger partial charge in [0.1, 0.15) is 18.3 Å². The van der Waals surface area contributed by atoms with E-state index >= 15 is 0 Å². The second kappa shape index (κ2) is 12.1. The Labute approximate surface area is 206 Å². The highest BCUT2D eigenvalue weighted by Gasteiger charge is 2.31. The van der Waals surface area contributed by atoms with Gasteiger partial charge in [-0.15, -0.1) is 0 Å². The normalized spacial score (nSPS) is 12.2. The Hall–Kier alpha value is -2.78. The average Bonchev–Trinajstić information content (AvgIpc) is 2.78. The summed E-state index contributed by atoms with van der Waals surface area (Å²) in [6.07, 6.45) is 1.02. The Balaban J connectivity index is 2.40. The number of sulfonamides is 1. The first-order valence-electron chi connectivity index (χ1n) is 10.9. The van der Waals surface area contributed by atoms with E-state index in [0.717, 1.165) is 10.6 Å². The zero-order valence-electron chi connectivity index (χ0n) is 20.1. The molecule has 0 saturated heterocycles. The molecule has 0 heterocycles. The summed E-state index contributed by atoms with van der Waals surface area (Å²) >= 11 is 6.11. The number of nitrogens with zero attached hydrogens (tertiary/aromatic N) is 2. The van der Waals surface area contributed by atoms with Crippen LogP contribution in [0.25, 0.3) is 0 Å². The van der Waals surface area contributed by atoms with Gasteiger partial charge in [0.15, 0.2) is 0 Å². The van der Waals surface area contributed by atoms with Crippen LogP contribution in [0.15, 0.2) is 48.5 Å². The maximum Gasteiger partial charge on any atom is 0.244 e. The number of rotatable bonds is 11. The van der Waals surface area contributed by atoms with Crippen molar-refractivity contribution in [3.8, 4) is 5.75 Å². The van der Waals surface area contributed by atoms with Gasteiger partial charge in [-0.3, -0.25) is 13.9 Å². The summed E-state index contributed by atoms with van der Waals surface area (Å²) in [5.74, 6) is -0.319. The molecule has 2 rings (SSSR count). The highest BCUT2D eigenvalue weighted by molar-refractivity contribution is 7.92. The quantitative estimate of drug-likeness (QED) is 0.501. The number of carbonyl (C=O) groups is 2. The van der Waals surface area contributed by atoms with Crippen molar-refractivity contribution in [3.63, 3.8) is 0 Å². The van der Waals surface area contributed by atoms with E-state index in [1.807, 2.05) is 13.8 Å². The first-order valence-corrected chi connectivity index (χ1v) is 13.1. The summed E-state index contributed by atoms with van der Waals surface area (Å²) in [6.45, 7) is 5.60. The second-order valence-corrected chi connectivity index (χ2v) is 10.8. The molecule has 0 spiro atoms. The number of benzene rings is 2. The molecular weight excluding hydrogens is 478 g/mol. The zero-order chi connectivity index (χ0) is 25.5. The molecule has 0 aliphatic heterocycles. The number of halogens is 1. The molecule has 0 saturated carbocycles. The van der Waals surface area contributed by atoms with Gasteiger partial charge in [0.2, 0.25) is 21.8 Å². The molecule has 34 heavy (non-hydrogen) atoms. The lowest BCUT2D eigenvalue weighted by Crippen LogP contribution is -2.51. The standard InChI is InChI=1S/C24H32ClN3O5S/c1-17(2)14-26-24(30)18(3)27(15-19-9-8-10-20(25)13-19)23(29)16-28(34(5,31)32)21-11-6-7-12-22(21)33-4/h6-13,17-18H,14-16H2,1-5H3,(H,26,30)/t18-/m0/s1. The largest absolute Gasteiger partial charge is 0.495 e. The highest BCUT2D eigenvalue weighted by Crippen LogP contribution is 2.29. The van der Waals surface area contributed by atoms with Gasteiger partial charge in [-0.25, -0.2) is 8.42 Å². The molecule has 0 aliphatic carbocycles. The van der Waals surface area contributed by atoms with E-state index in [0.29, 0.717) is 22.9 Å². The molecule has 0 unspecified atom stereocenters. The van der Waals surface area contributed by atoms with Crippen molar-refractivity contribution in [2.75, 3.05) is 30.8 Å². The van der Waals surface area contributed by atoms with Crippen LogP contribution in [0.4, 0.5) is 5.69 Å². The predicted molar refractivity (Wildman–Crippen MR) is 134 cm³/mol. The molecular formula is C24H32ClN3O5S. The van der Waals surface area contributed by atoms with Gasteiger partial charge in [0.25, 0.3) is 0 Å². The molecule has 0 radical (unpaired) electrons. The second-order valence-electron chi connectivity index (χ2n) is 8.41. The van der Waals surface area contributed by atoms with Crippen molar-refractivity contribution < 1.29 is 22.7 Å². The smallest absolute Gasteiger partial charge is 0.244 e. The van der Waals surface area contributed by atoms with Crippen molar-refractivity contribution in [1.82, 2.24) is 10.2 Å².